The molecule has 0 unspecified atom stereocenters. The number of benzene rings is 1. The Morgan fingerprint density at radius 3 is 2.77 bits per heavy atom. The largest absolute Gasteiger partial charge is 0.466 e. The fourth-order valence-corrected chi connectivity index (χ4v) is 3.55. The summed E-state index contributed by atoms with van der Waals surface area (Å²) in [6.45, 7) is 6.57. The lowest BCUT2D eigenvalue weighted by Gasteiger charge is -2.31. The van der Waals surface area contributed by atoms with Gasteiger partial charge < -0.3 is 9.30 Å². The molecule has 2 heterocycles. The number of carbonyl (C=O) groups excluding carboxylic acids is 1. The van der Waals surface area contributed by atoms with Crippen LogP contribution in [0.1, 0.15) is 25.3 Å². The van der Waals surface area contributed by atoms with Crippen molar-refractivity contribution in [3.8, 4) is 11.4 Å². The van der Waals surface area contributed by atoms with E-state index in [0.717, 1.165) is 30.8 Å². The Bertz CT molecular complexity index is 825. The highest BCUT2D eigenvalue weighted by molar-refractivity contribution is 7.71. The summed E-state index contributed by atoms with van der Waals surface area (Å²) in [5.74, 6) is 0.703. The minimum Gasteiger partial charge on any atom is -0.466 e. The molecule has 0 spiro atoms. The number of esters is 1. The van der Waals surface area contributed by atoms with Crippen molar-refractivity contribution in [2.45, 2.75) is 33.4 Å². The first kappa shape index (κ1) is 18.8. The van der Waals surface area contributed by atoms with Crippen molar-refractivity contribution in [1.82, 2.24) is 19.2 Å². The third-order valence-corrected chi connectivity index (χ3v) is 5.29. The number of nitrogens with zero attached hydrogens (tertiary/aromatic N) is 4. The van der Waals surface area contributed by atoms with Gasteiger partial charge in [-0.2, -0.15) is 5.10 Å². The number of ether oxygens (including phenoxy) is 1. The number of aryl methyl sites for hydroxylation is 1. The van der Waals surface area contributed by atoms with Crippen LogP contribution in [0.2, 0.25) is 0 Å². The molecule has 1 saturated heterocycles. The third-order valence-electron chi connectivity index (χ3n) is 4.81. The zero-order valence-corrected chi connectivity index (χ0v) is 16.5. The molecular weight excluding hydrogens is 348 g/mol. The normalized spacial score (nSPS) is 18.0. The van der Waals surface area contributed by atoms with E-state index in [2.05, 4.69) is 36.1 Å². The second kappa shape index (κ2) is 8.14. The molecule has 0 aliphatic carbocycles. The van der Waals surface area contributed by atoms with Gasteiger partial charge in [-0.05, 0) is 45.5 Å². The molecule has 140 valence electrons. The average molecular weight is 375 g/mol. The van der Waals surface area contributed by atoms with Gasteiger partial charge in [-0.15, -0.1) is 0 Å². The van der Waals surface area contributed by atoms with Crippen LogP contribution in [0.4, 0.5) is 0 Å². The smallest absolute Gasteiger partial charge is 0.310 e. The monoisotopic (exact) mass is 374 g/mol. The average Bonchev–Trinajstić information content (AvgIpc) is 2.91. The maximum atomic E-state index is 12.0. The number of aromatic nitrogens is 3. The van der Waals surface area contributed by atoms with Gasteiger partial charge in [0.1, 0.15) is 0 Å². The van der Waals surface area contributed by atoms with Crippen molar-refractivity contribution in [2.75, 3.05) is 19.7 Å². The maximum absolute atomic E-state index is 12.0. The van der Waals surface area contributed by atoms with E-state index in [4.69, 9.17) is 22.1 Å². The van der Waals surface area contributed by atoms with Gasteiger partial charge in [0.05, 0.1) is 19.2 Å². The van der Waals surface area contributed by atoms with Crippen LogP contribution in [0.5, 0.6) is 0 Å². The fraction of sp³-hybridized carbons (Fsp3) is 0.526. The Labute approximate surface area is 159 Å². The molecule has 7 heteroatoms. The molecule has 1 aliphatic rings. The van der Waals surface area contributed by atoms with E-state index in [-0.39, 0.29) is 11.9 Å². The molecule has 1 atom stereocenters. The molecule has 1 aromatic carbocycles. The Hall–Kier alpha value is -1.99. The van der Waals surface area contributed by atoms with Crippen molar-refractivity contribution in [3.05, 3.63) is 34.6 Å². The van der Waals surface area contributed by atoms with Crippen molar-refractivity contribution >= 4 is 18.2 Å². The number of rotatable bonds is 5. The SMILES string of the molecule is CCOC(=O)[C@H]1CCCN(Cn2nc(-c3ccc(C)cc3)n(C)c2=S)C1. The minimum absolute atomic E-state index is 0.0573. The molecule has 26 heavy (non-hydrogen) atoms. The predicted octanol–water partition coefficient (Wildman–Crippen LogP) is 3.16. The van der Waals surface area contributed by atoms with Gasteiger partial charge in [-0.3, -0.25) is 9.69 Å². The van der Waals surface area contributed by atoms with Gasteiger partial charge >= 0.3 is 5.97 Å². The summed E-state index contributed by atoms with van der Waals surface area (Å²) in [5.41, 5.74) is 2.26. The number of carbonyl (C=O) groups is 1. The lowest BCUT2D eigenvalue weighted by atomic mass is 9.99. The van der Waals surface area contributed by atoms with E-state index in [1.807, 2.05) is 23.2 Å². The first-order chi connectivity index (χ1) is 12.5. The Kier molecular flexibility index (Phi) is 5.88. The highest BCUT2D eigenvalue weighted by Crippen LogP contribution is 2.21. The van der Waals surface area contributed by atoms with E-state index < -0.39 is 0 Å². The van der Waals surface area contributed by atoms with Crippen LogP contribution in [0.3, 0.4) is 0 Å². The molecule has 0 saturated carbocycles. The van der Waals surface area contributed by atoms with Crippen molar-refractivity contribution < 1.29 is 9.53 Å². The highest BCUT2D eigenvalue weighted by Gasteiger charge is 2.27. The van der Waals surface area contributed by atoms with Crippen LogP contribution in [0.25, 0.3) is 11.4 Å². The summed E-state index contributed by atoms with van der Waals surface area (Å²) >= 11 is 5.58. The number of likely N-dealkylation sites (tertiary alicyclic amines) is 1. The molecule has 0 N–H and O–H groups in total. The van der Waals surface area contributed by atoms with Gasteiger partial charge in [0.15, 0.2) is 10.6 Å². The summed E-state index contributed by atoms with van der Waals surface area (Å²) < 4.78 is 9.64. The second-order valence-electron chi connectivity index (χ2n) is 6.84. The van der Waals surface area contributed by atoms with Crippen LogP contribution >= 0.6 is 12.2 Å². The molecule has 3 rings (SSSR count). The number of hydrogen-bond acceptors (Lipinski definition) is 5. The Morgan fingerprint density at radius 2 is 2.08 bits per heavy atom. The standard InChI is InChI=1S/C19H26N4O2S/c1-4-25-18(24)16-6-5-11-22(12-16)13-23-19(26)21(3)17(20-23)15-9-7-14(2)8-10-15/h7-10,16H,4-6,11-13H2,1-3H3/t16-/m0/s1. The molecule has 2 aromatic rings. The minimum atomic E-state index is -0.0952. The van der Waals surface area contributed by atoms with Gasteiger partial charge in [0.2, 0.25) is 0 Å². The van der Waals surface area contributed by atoms with E-state index in [1.165, 1.54) is 5.56 Å². The lowest BCUT2D eigenvalue weighted by molar-refractivity contribution is -0.150. The van der Waals surface area contributed by atoms with Crippen LogP contribution < -0.4 is 0 Å². The van der Waals surface area contributed by atoms with E-state index in [0.29, 0.717) is 24.6 Å². The van der Waals surface area contributed by atoms with Crippen LogP contribution in [0.15, 0.2) is 24.3 Å². The Balaban J connectivity index is 1.76. The van der Waals surface area contributed by atoms with Crippen LogP contribution in [0, 0.1) is 17.6 Å². The van der Waals surface area contributed by atoms with E-state index in [9.17, 15) is 4.79 Å². The van der Waals surface area contributed by atoms with Gasteiger partial charge in [-0.25, -0.2) is 4.68 Å². The van der Waals surface area contributed by atoms with Crippen molar-refractivity contribution in [1.29, 1.82) is 0 Å². The van der Waals surface area contributed by atoms with Gasteiger partial charge in [0, 0.05) is 19.2 Å². The van der Waals surface area contributed by atoms with Crippen LogP contribution in [-0.4, -0.2) is 44.9 Å². The molecule has 0 amide bonds. The quantitative estimate of drug-likeness (QED) is 0.594. The predicted molar refractivity (Wildman–Crippen MR) is 103 cm³/mol. The highest BCUT2D eigenvalue weighted by atomic mass is 32.1. The number of hydrogen-bond donors (Lipinski definition) is 0. The molecule has 1 aliphatic heterocycles. The molecule has 0 bridgehead atoms. The fourth-order valence-electron chi connectivity index (χ4n) is 3.36. The van der Waals surface area contributed by atoms with Crippen molar-refractivity contribution in [3.63, 3.8) is 0 Å². The molecular formula is C19H26N4O2S. The van der Waals surface area contributed by atoms with Crippen LogP contribution in [-0.2, 0) is 23.2 Å². The molecule has 1 fully saturated rings. The first-order valence-electron chi connectivity index (χ1n) is 9.09. The first-order valence-corrected chi connectivity index (χ1v) is 9.50. The summed E-state index contributed by atoms with van der Waals surface area (Å²) in [6, 6.07) is 8.28. The maximum Gasteiger partial charge on any atom is 0.310 e. The van der Waals surface area contributed by atoms with E-state index in [1.54, 1.807) is 0 Å². The summed E-state index contributed by atoms with van der Waals surface area (Å²) in [5, 5.41) is 4.73. The third kappa shape index (κ3) is 4.04. The van der Waals surface area contributed by atoms with Gasteiger partial charge in [0.25, 0.3) is 0 Å². The second-order valence-corrected chi connectivity index (χ2v) is 7.21. The zero-order chi connectivity index (χ0) is 18.7. The molecule has 6 nitrogen and oxygen atoms in total. The Morgan fingerprint density at radius 1 is 1.35 bits per heavy atom. The summed E-state index contributed by atoms with van der Waals surface area (Å²) in [7, 11) is 1.94. The van der Waals surface area contributed by atoms with Crippen molar-refractivity contribution in [2.24, 2.45) is 13.0 Å². The lowest BCUT2D eigenvalue weighted by Crippen LogP contribution is -2.40. The summed E-state index contributed by atoms with van der Waals surface area (Å²) in [6.07, 6.45) is 1.87. The molecule has 1 aromatic heterocycles. The topological polar surface area (TPSA) is 52.3 Å². The van der Waals surface area contributed by atoms with Gasteiger partial charge in [-0.1, -0.05) is 29.8 Å². The zero-order valence-electron chi connectivity index (χ0n) is 15.6. The molecule has 0 radical (unpaired) electrons. The van der Waals surface area contributed by atoms with E-state index >= 15 is 0 Å². The number of piperidine rings is 1. The summed E-state index contributed by atoms with van der Waals surface area (Å²) in [4.78, 5) is 14.3.